The van der Waals surface area contributed by atoms with Crippen molar-refractivity contribution < 1.29 is 4.79 Å². The third-order valence-electron chi connectivity index (χ3n) is 1.70. The second-order valence-electron chi connectivity index (χ2n) is 2.37. The van der Waals surface area contributed by atoms with Crippen molar-refractivity contribution in [1.29, 1.82) is 0 Å². The van der Waals surface area contributed by atoms with Crippen molar-refractivity contribution in [2.24, 2.45) is 0 Å². The lowest BCUT2D eigenvalue weighted by molar-refractivity contribution is -0.119. The van der Waals surface area contributed by atoms with Crippen molar-refractivity contribution >= 4 is 5.78 Å². The first-order valence-electron chi connectivity index (χ1n) is 3.40. The Labute approximate surface area is 55.6 Å². The zero-order valence-electron chi connectivity index (χ0n) is 5.52. The highest BCUT2D eigenvalue weighted by molar-refractivity contribution is 5.84. The van der Waals surface area contributed by atoms with E-state index in [9.17, 15) is 4.79 Å². The van der Waals surface area contributed by atoms with E-state index in [1.54, 1.807) is 0 Å². The van der Waals surface area contributed by atoms with E-state index in [-0.39, 0.29) is 11.8 Å². The van der Waals surface area contributed by atoms with Gasteiger partial charge in [-0.3, -0.25) is 4.79 Å². The smallest absolute Gasteiger partial charge is 0.149 e. The Morgan fingerprint density at radius 1 is 1.78 bits per heavy atom. The largest absolute Gasteiger partial charge is 0.307 e. The van der Waals surface area contributed by atoms with E-state index in [4.69, 9.17) is 0 Å². The molecule has 1 aliphatic rings. The molecule has 0 saturated carbocycles. The second-order valence-corrected chi connectivity index (χ2v) is 2.37. The summed E-state index contributed by atoms with van der Waals surface area (Å²) in [6.45, 7) is 4.54. The van der Waals surface area contributed by atoms with E-state index in [0.717, 1.165) is 19.4 Å². The van der Waals surface area contributed by atoms with Crippen LogP contribution in [0.5, 0.6) is 0 Å². The Morgan fingerprint density at radius 3 is 3.00 bits per heavy atom. The molecule has 1 unspecified atom stereocenters. The van der Waals surface area contributed by atoms with Gasteiger partial charge in [0, 0.05) is 6.42 Å². The highest BCUT2D eigenvalue weighted by Crippen LogP contribution is 2.06. The van der Waals surface area contributed by atoms with Gasteiger partial charge in [-0.2, -0.15) is 0 Å². The first-order valence-corrected chi connectivity index (χ1v) is 3.40. The number of carbonyl (C=O) groups excluding carboxylic acids is 1. The Kier molecular flexibility index (Phi) is 2.22. The van der Waals surface area contributed by atoms with Crippen molar-refractivity contribution in [3.05, 3.63) is 6.92 Å². The van der Waals surface area contributed by atoms with E-state index < -0.39 is 0 Å². The SMILES string of the molecule is [CH2]CC(=O)C1CCCN1. The molecule has 0 aliphatic carbocycles. The molecule has 51 valence electrons. The van der Waals surface area contributed by atoms with Crippen molar-refractivity contribution in [2.75, 3.05) is 6.54 Å². The fraction of sp³-hybridized carbons (Fsp3) is 0.714. The molecule has 9 heavy (non-hydrogen) atoms. The summed E-state index contributed by atoms with van der Waals surface area (Å²) >= 11 is 0. The molecule has 0 spiro atoms. The Bertz CT molecular complexity index is 105. The lowest BCUT2D eigenvalue weighted by Gasteiger charge is -2.04. The maximum Gasteiger partial charge on any atom is 0.149 e. The van der Waals surface area contributed by atoms with Crippen LogP contribution in [-0.4, -0.2) is 18.4 Å². The molecule has 0 amide bonds. The second kappa shape index (κ2) is 2.97. The molecule has 0 bridgehead atoms. The van der Waals surface area contributed by atoms with Gasteiger partial charge >= 0.3 is 0 Å². The molecular formula is C7H12NO. The molecule has 1 N–H and O–H groups in total. The predicted molar refractivity (Wildman–Crippen MR) is 36.0 cm³/mol. The zero-order chi connectivity index (χ0) is 6.69. The Morgan fingerprint density at radius 2 is 2.56 bits per heavy atom. The van der Waals surface area contributed by atoms with Gasteiger partial charge < -0.3 is 5.32 Å². The molecule has 2 nitrogen and oxygen atoms in total. The van der Waals surface area contributed by atoms with Crippen LogP contribution in [0.25, 0.3) is 0 Å². The molecule has 1 rings (SSSR count). The van der Waals surface area contributed by atoms with Gasteiger partial charge in [0.2, 0.25) is 0 Å². The first-order chi connectivity index (χ1) is 4.34. The van der Waals surface area contributed by atoms with Gasteiger partial charge in [0.1, 0.15) is 5.78 Å². The fourth-order valence-corrected chi connectivity index (χ4v) is 1.13. The third-order valence-corrected chi connectivity index (χ3v) is 1.70. The Hall–Kier alpha value is -0.370. The number of nitrogens with one attached hydrogen (secondary N) is 1. The summed E-state index contributed by atoms with van der Waals surface area (Å²) in [6.07, 6.45) is 2.57. The van der Waals surface area contributed by atoms with E-state index in [0.29, 0.717) is 6.42 Å². The molecule has 1 aliphatic heterocycles. The fourth-order valence-electron chi connectivity index (χ4n) is 1.13. The monoisotopic (exact) mass is 126 g/mol. The minimum absolute atomic E-state index is 0.127. The van der Waals surface area contributed by atoms with Gasteiger partial charge in [-0.25, -0.2) is 0 Å². The minimum Gasteiger partial charge on any atom is -0.307 e. The zero-order valence-corrected chi connectivity index (χ0v) is 5.52. The van der Waals surface area contributed by atoms with Gasteiger partial charge in [-0.15, -0.1) is 0 Å². The summed E-state index contributed by atoms with van der Waals surface area (Å²) in [5.74, 6) is 0.257. The molecule has 0 aromatic rings. The first kappa shape index (κ1) is 6.75. The number of hydrogen-bond acceptors (Lipinski definition) is 2. The number of hydrogen-bond donors (Lipinski definition) is 1. The van der Waals surface area contributed by atoms with Crippen molar-refractivity contribution in [2.45, 2.75) is 25.3 Å². The van der Waals surface area contributed by atoms with Crippen LogP contribution in [0, 0.1) is 6.92 Å². The van der Waals surface area contributed by atoms with Crippen LogP contribution in [0.15, 0.2) is 0 Å². The summed E-state index contributed by atoms with van der Waals surface area (Å²) in [5.41, 5.74) is 0. The van der Waals surface area contributed by atoms with Crippen LogP contribution in [0.2, 0.25) is 0 Å². The van der Waals surface area contributed by atoms with Crippen molar-refractivity contribution in [3.63, 3.8) is 0 Å². The number of rotatable bonds is 2. The third kappa shape index (κ3) is 1.52. The summed E-state index contributed by atoms with van der Waals surface area (Å²) in [4.78, 5) is 10.9. The topological polar surface area (TPSA) is 29.1 Å². The van der Waals surface area contributed by atoms with Crippen LogP contribution in [-0.2, 0) is 4.79 Å². The maximum absolute atomic E-state index is 10.9. The van der Waals surface area contributed by atoms with E-state index in [1.165, 1.54) is 0 Å². The molecular weight excluding hydrogens is 114 g/mol. The molecule has 1 radical (unpaired) electrons. The molecule has 0 aromatic carbocycles. The van der Waals surface area contributed by atoms with Crippen LogP contribution in [0.1, 0.15) is 19.3 Å². The van der Waals surface area contributed by atoms with E-state index in [1.807, 2.05) is 0 Å². The average molecular weight is 126 g/mol. The Balaban J connectivity index is 2.32. The normalized spacial score (nSPS) is 26.6. The van der Waals surface area contributed by atoms with E-state index in [2.05, 4.69) is 12.2 Å². The van der Waals surface area contributed by atoms with Gasteiger partial charge in [0.25, 0.3) is 0 Å². The van der Waals surface area contributed by atoms with Crippen LogP contribution >= 0.6 is 0 Å². The quantitative estimate of drug-likeness (QED) is 0.584. The van der Waals surface area contributed by atoms with Gasteiger partial charge in [0.05, 0.1) is 6.04 Å². The summed E-state index contributed by atoms with van der Waals surface area (Å²) < 4.78 is 0. The maximum atomic E-state index is 10.9. The van der Waals surface area contributed by atoms with Gasteiger partial charge in [-0.1, -0.05) is 0 Å². The van der Waals surface area contributed by atoms with Crippen molar-refractivity contribution in [1.82, 2.24) is 5.32 Å². The summed E-state index contributed by atoms with van der Waals surface area (Å²) in [7, 11) is 0. The minimum atomic E-state index is 0.127. The molecule has 1 atom stereocenters. The lowest BCUT2D eigenvalue weighted by Crippen LogP contribution is -2.29. The predicted octanol–water partition coefficient (Wildman–Crippen LogP) is 0.532. The summed E-state index contributed by atoms with van der Waals surface area (Å²) in [5, 5.41) is 3.12. The number of ketones is 1. The summed E-state index contributed by atoms with van der Waals surface area (Å²) in [6, 6.07) is 0.127. The van der Waals surface area contributed by atoms with Crippen LogP contribution in [0.3, 0.4) is 0 Å². The standard InChI is InChI=1S/C7H12NO/c1-2-7(9)6-4-3-5-8-6/h6,8H,1-5H2. The highest BCUT2D eigenvalue weighted by atomic mass is 16.1. The number of Topliss-reactive ketones (excluding diaryl/α,β-unsaturated/α-hetero) is 1. The van der Waals surface area contributed by atoms with Crippen molar-refractivity contribution in [3.8, 4) is 0 Å². The highest BCUT2D eigenvalue weighted by Gasteiger charge is 2.19. The van der Waals surface area contributed by atoms with Crippen LogP contribution in [0.4, 0.5) is 0 Å². The molecule has 2 heteroatoms. The van der Waals surface area contributed by atoms with Gasteiger partial charge in [-0.05, 0) is 26.3 Å². The lowest BCUT2D eigenvalue weighted by atomic mass is 10.1. The molecule has 1 heterocycles. The van der Waals surface area contributed by atoms with E-state index >= 15 is 0 Å². The molecule has 0 aromatic heterocycles. The number of carbonyl (C=O) groups is 1. The molecule has 1 fully saturated rings. The average Bonchev–Trinajstić information content (AvgIpc) is 2.37. The van der Waals surface area contributed by atoms with Gasteiger partial charge in [0.15, 0.2) is 0 Å². The van der Waals surface area contributed by atoms with Crippen LogP contribution < -0.4 is 5.32 Å². The molecule has 1 saturated heterocycles.